The number of ether oxygens (including phenoxy) is 1. The van der Waals surface area contributed by atoms with Gasteiger partial charge in [-0.05, 0) is 37.1 Å². The third-order valence-electron chi connectivity index (χ3n) is 3.99. The molecule has 0 fully saturated rings. The molecule has 0 spiro atoms. The van der Waals surface area contributed by atoms with E-state index in [9.17, 15) is 4.39 Å². The molecule has 0 aliphatic rings. The van der Waals surface area contributed by atoms with E-state index in [0.29, 0.717) is 12.4 Å². The molecule has 0 saturated carbocycles. The molecule has 2 aromatic heterocycles. The van der Waals surface area contributed by atoms with E-state index in [1.165, 1.54) is 12.1 Å². The number of nitrogens with zero attached hydrogens (tertiary/aromatic N) is 3. The number of fused-ring (bicyclic) bond motifs is 1. The fourth-order valence-corrected chi connectivity index (χ4v) is 2.70. The fourth-order valence-electron chi connectivity index (χ4n) is 2.70. The lowest BCUT2D eigenvalue weighted by molar-refractivity contribution is 0.292. The summed E-state index contributed by atoms with van der Waals surface area (Å²) in [6.45, 7) is 8.81. The largest absolute Gasteiger partial charge is 0.470 e. The average molecular weight is 311 g/mol. The van der Waals surface area contributed by atoms with Gasteiger partial charge in [0.05, 0.1) is 6.20 Å². The van der Waals surface area contributed by atoms with Crippen LogP contribution in [0.2, 0.25) is 0 Å². The van der Waals surface area contributed by atoms with Gasteiger partial charge in [-0.15, -0.1) is 11.7 Å². The van der Waals surface area contributed by atoms with Crippen molar-refractivity contribution in [3.8, 4) is 5.88 Å². The van der Waals surface area contributed by atoms with Crippen LogP contribution in [0.3, 0.4) is 0 Å². The molecule has 3 aromatic rings. The molecule has 5 heteroatoms. The van der Waals surface area contributed by atoms with Crippen LogP contribution in [0, 0.1) is 19.7 Å². The molecule has 0 amide bonds. The van der Waals surface area contributed by atoms with E-state index < -0.39 is 0 Å². The number of rotatable bonds is 5. The van der Waals surface area contributed by atoms with Crippen LogP contribution in [0.5, 0.6) is 5.88 Å². The number of aryl methyl sites for hydroxylation is 1. The minimum absolute atomic E-state index is 0.239. The molecule has 0 N–H and O–H groups in total. The van der Waals surface area contributed by atoms with E-state index >= 15 is 0 Å². The second kappa shape index (κ2) is 6.20. The van der Waals surface area contributed by atoms with Crippen molar-refractivity contribution in [3.05, 3.63) is 65.8 Å². The van der Waals surface area contributed by atoms with Gasteiger partial charge >= 0.3 is 0 Å². The highest BCUT2D eigenvalue weighted by Gasteiger charge is 2.16. The SMILES string of the molecule is C=CCn1c(C)c(C)c2cnnc(OCc3cccc(F)c3)c21. The molecule has 23 heavy (non-hydrogen) atoms. The Bertz CT molecular complexity index is 870. The fraction of sp³-hybridized carbons (Fsp3) is 0.222. The van der Waals surface area contributed by atoms with Gasteiger partial charge in [0.2, 0.25) is 0 Å². The lowest BCUT2D eigenvalue weighted by atomic mass is 10.2. The van der Waals surface area contributed by atoms with Crippen molar-refractivity contribution in [2.24, 2.45) is 0 Å². The van der Waals surface area contributed by atoms with Crippen LogP contribution in [0.25, 0.3) is 10.9 Å². The summed E-state index contributed by atoms with van der Waals surface area (Å²) in [5, 5.41) is 9.16. The second-order valence-electron chi connectivity index (χ2n) is 5.44. The topological polar surface area (TPSA) is 39.9 Å². The maximum Gasteiger partial charge on any atom is 0.258 e. The van der Waals surface area contributed by atoms with E-state index in [1.807, 2.05) is 12.1 Å². The molecule has 0 saturated heterocycles. The summed E-state index contributed by atoms with van der Waals surface area (Å²) in [6.07, 6.45) is 3.58. The third-order valence-corrected chi connectivity index (χ3v) is 3.99. The van der Waals surface area contributed by atoms with Crippen LogP contribution in [0.15, 0.2) is 43.1 Å². The van der Waals surface area contributed by atoms with Crippen molar-refractivity contribution in [2.75, 3.05) is 0 Å². The first kappa shape index (κ1) is 15.2. The summed E-state index contributed by atoms with van der Waals surface area (Å²) in [5.41, 5.74) is 3.92. The van der Waals surface area contributed by atoms with Crippen LogP contribution in [-0.4, -0.2) is 14.8 Å². The monoisotopic (exact) mass is 311 g/mol. The standard InChI is InChI=1S/C18H18FN3O/c1-4-8-22-13(3)12(2)16-10-20-21-18(17(16)22)23-11-14-6-5-7-15(19)9-14/h4-7,9-10H,1,8,11H2,2-3H3. The normalized spacial score (nSPS) is 10.9. The second-order valence-corrected chi connectivity index (χ2v) is 5.44. The number of aromatic nitrogens is 3. The maximum absolute atomic E-state index is 13.3. The number of hydrogen-bond donors (Lipinski definition) is 0. The minimum atomic E-state index is -0.280. The Morgan fingerprint density at radius 2 is 2.17 bits per heavy atom. The molecule has 0 bridgehead atoms. The molecule has 118 valence electrons. The molecule has 0 aliphatic heterocycles. The molecular formula is C18H18FN3O. The molecule has 1 aromatic carbocycles. The Kier molecular flexibility index (Phi) is 4.10. The summed E-state index contributed by atoms with van der Waals surface area (Å²) in [4.78, 5) is 0. The summed E-state index contributed by atoms with van der Waals surface area (Å²) >= 11 is 0. The first-order valence-corrected chi connectivity index (χ1v) is 7.41. The Morgan fingerprint density at radius 1 is 1.35 bits per heavy atom. The Labute approximate surface area is 134 Å². The Morgan fingerprint density at radius 3 is 2.91 bits per heavy atom. The molecule has 0 radical (unpaired) electrons. The highest BCUT2D eigenvalue weighted by molar-refractivity contribution is 5.88. The van der Waals surface area contributed by atoms with E-state index in [1.54, 1.807) is 12.3 Å². The zero-order chi connectivity index (χ0) is 16.4. The predicted octanol–water partition coefficient (Wildman–Crippen LogP) is 3.95. The summed E-state index contributed by atoms with van der Waals surface area (Å²) in [6, 6.07) is 6.34. The minimum Gasteiger partial charge on any atom is -0.470 e. The van der Waals surface area contributed by atoms with Crippen molar-refractivity contribution in [1.82, 2.24) is 14.8 Å². The highest BCUT2D eigenvalue weighted by Crippen LogP contribution is 2.30. The van der Waals surface area contributed by atoms with E-state index in [0.717, 1.165) is 27.7 Å². The van der Waals surface area contributed by atoms with Crippen LogP contribution < -0.4 is 4.74 Å². The van der Waals surface area contributed by atoms with E-state index in [4.69, 9.17) is 4.74 Å². The van der Waals surface area contributed by atoms with Gasteiger partial charge in [0, 0.05) is 17.6 Å². The number of halogens is 1. The smallest absolute Gasteiger partial charge is 0.258 e. The molecule has 4 nitrogen and oxygen atoms in total. The van der Waals surface area contributed by atoms with Gasteiger partial charge in [0.1, 0.15) is 17.9 Å². The van der Waals surface area contributed by atoms with Crippen LogP contribution in [-0.2, 0) is 13.2 Å². The zero-order valence-electron chi connectivity index (χ0n) is 13.2. The van der Waals surface area contributed by atoms with Crippen molar-refractivity contribution in [3.63, 3.8) is 0 Å². The molecule has 0 atom stereocenters. The lowest BCUT2D eigenvalue weighted by Crippen LogP contribution is -2.03. The number of hydrogen-bond acceptors (Lipinski definition) is 3. The van der Waals surface area contributed by atoms with Crippen LogP contribution in [0.4, 0.5) is 4.39 Å². The molecular weight excluding hydrogens is 293 g/mol. The lowest BCUT2D eigenvalue weighted by Gasteiger charge is -2.09. The zero-order valence-corrected chi connectivity index (χ0v) is 13.2. The molecule has 3 rings (SSSR count). The van der Waals surface area contributed by atoms with Gasteiger partial charge < -0.3 is 9.30 Å². The highest BCUT2D eigenvalue weighted by atomic mass is 19.1. The first-order valence-electron chi connectivity index (χ1n) is 7.41. The average Bonchev–Trinajstić information content (AvgIpc) is 2.79. The number of allylic oxidation sites excluding steroid dienone is 1. The summed E-state index contributed by atoms with van der Waals surface area (Å²) in [7, 11) is 0. The van der Waals surface area contributed by atoms with Gasteiger partial charge in [-0.1, -0.05) is 18.2 Å². The van der Waals surface area contributed by atoms with Gasteiger partial charge in [-0.25, -0.2) is 4.39 Å². The molecule has 0 aliphatic carbocycles. The number of benzene rings is 1. The Hall–Kier alpha value is -2.69. The predicted molar refractivity (Wildman–Crippen MR) is 87.9 cm³/mol. The van der Waals surface area contributed by atoms with Crippen molar-refractivity contribution >= 4 is 10.9 Å². The van der Waals surface area contributed by atoms with Crippen molar-refractivity contribution in [2.45, 2.75) is 27.0 Å². The van der Waals surface area contributed by atoms with Crippen LogP contribution in [0.1, 0.15) is 16.8 Å². The third kappa shape index (κ3) is 2.82. The van der Waals surface area contributed by atoms with E-state index in [-0.39, 0.29) is 12.4 Å². The maximum atomic E-state index is 13.3. The van der Waals surface area contributed by atoms with E-state index in [2.05, 4.69) is 35.2 Å². The van der Waals surface area contributed by atoms with Gasteiger partial charge in [-0.2, -0.15) is 5.10 Å². The van der Waals surface area contributed by atoms with Crippen LogP contribution >= 0.6 is 0 Å². The Balaban J connectivity index is 2.00. The van der Waals surface area contributed by atoms with Crippen molar-refractivity contribution in [1.29, 1.82) is 0 Å². The summed E-state index contributed by atoms with van der Waals surface area (Å²) in [5.74, 6) is 0.168. The molecule has 0 unspecified atom stereocenters. The van der Waals surface area contributed by atoms with Gasteiger partial charge in [-0.3, -0.25) is 0 Å². The summed E-state index contributed by atoms with van der Waals surface area (Å²) < 4.78 is 21.2. The first-order chi connectivity index (χ1) is 11.1. The molecule has 2 heterocycles. The van der Waals surface area contributed by atoms with Gasteiger partial charge in [0.15, 0.2) is 0 Å². The van der Waals surface area contributed by atoms with Gasteiger partial charge in [0.25, 0.3) is 5.88 Å². The quantitative estimate of drug-likeness (QED) is 0.670. The van der Waals surface area contributed by atoms with Crippen molar-refractivity contribution < 1.29 is 9.13 Å².